The van der Waals surface area contributed by atoms with Crippen molar-refractivity contribution in [2.45, 2.75) is 19.1 Å². The zero-order chi connectivity index (χ0) is 10.8. The van der Waals surface area contributed by atoms with Crippen LogP contribution < -0.4 is 5.73 Å². The van der Waals surface area contributed by atoms with Gasteiger partial charge in [0.15, 0.2) is 0 Å². The van der Waals surface area contributed by atoms with Crippen LogP contribution in [0.2, 0.25) is 0 Å². The van der Waals surface area contributed by atoms with Gasteiger partial charge in [0, 0.05) is 12.1 Å². The van der Waals surface area contributed by atoms with E-state index in [0.29, 0.717) is 5.56 Å². The summed E-state index contributed by atoms with van der Waals surface area (Å²) in [5.41, 5.74) is 5.72. The number of benzene rings is 1. The molecule has 2 nitrogen and oxygen atoms in total. The van der Waals surface area contributed by atoms with Gasteiger partial charge in [0.05, 0.1) is 6.42 Å². The first kappa shape index (κ1) is 10.8. The molecular weight excluding hydrogens is 195 g/mol. The lowest BCUT2D eigenvalue weighted by atomic mass is 10.1. The van der Waals surface area contributed by atoms with Crippen LogP contribution in [-0.2, 0) is 13.0 Å². The Balaban J connectivity index is 2.87. The Kier molecular flexibility index (Phi) is 3.00. The molecule has 1 rings (SSSR count). The summed E-state index contributed by atoms with van der Waals surface area (Å²) in [5, 5.41) is 9.24. The molecule has 0 saturated heterocycles. The fourth-order valence-corrected chi connectivity index (χ4v) is 1.12. The molecule has 78 valence electrons. The Morgan fingerprint density at radius 1 is 1.29 bits per heavy atom. The predicted octanol–water partition coefficient (Wildman–Crippen LogP) is 1.96. The summed E-state index contributed by atoms with van der Waals surface area (Å²) in [5.74, 6) is -0.186. The topological polar surface area (TPSA) is 46.2 Å². The van der Waals surface area contributed by atoms with Crippen molar-refractivity contribution in [3.63, 3.8) is 0 Å². The minimum absolute atomic E-state index is 0.0344. The molecule has 0 bridgehead atoms. The predicted molar refractivity (Wildman–Crippen MR) is 45.8 cm³/mol. The molecule has 0 atom stereocenters. The summed E-state index contributed by atoms with van der Waals surface area (Å²) in [4.78, 5) is 0. The first-order valence-corrected chi connectivity index (χ1v) is 4.00. The smallest absolute Gasteiger partial charge is 0.393 e. The SMILES string of the molecule is NCc1ccc(CC(F)(F)F)cc1O. The largest absolute Gasteiger partial charge is 0.508 e. The van der Waals surface area contributed by atoms with Crippen molar-refractivity contribution in [3.8, 4) is 5.75 Å². The van der Waals surface area contributed by atoms with Gasteiger partial charge < -0.3 is 10.8 Å². The number of phenols is 1. The number of aromatic hydroxyl groups is 1. The zero-order valence-corrected chi connectivity index (χ0v) is 7.30. The summed E-state index contributed by atoms with van der Waals surface area (Å²) in [6.45, 7) is 0.109. The second kappa shape index (κ2) is 3.88. The standard InChI is InChI=1S/C9H10F3NO/c10-9(11,12)4-6-1-2-7(5-13)8(14)3-6/h1-3,14H,4-5,13H2. The maximum atomic E-state index is 11.9. The van der Waals surface area contributed by atoms with E-state index in [-0.39, 0.29) is 17.9 Å². The summed E-state index contributed by atoms with van der Waals surface area (Å²) in [6, 6.07) is 3.81. The average molecular weight is 205 g/mol. The molecule has 0 spiro atoms. The lowest BCUT2D eigenvalue weighted by Crippen LogP contribution is -2.11. The molecule has 0 radical (unpaired) electrons. The third-order valence-corrected chi connectivity index (χ3v) is 1.77. The minimum Gasteiger partial charge on any atom is -0.508 e. The summed E-state index contributed by atoms with van der Waals surface area (Å²) >= 11 is 0. The number of phenolic OH excluding ortho intramolecular Hbond substituents is 1. The van der Waals surface area contributed by atoms with E-state index in [1.165, 1.54) is 12.1 Å². The van der Waals surface area contributed by atoms with Gasteiger partial charge in [-0.05, 0) is 11.6 Å². The van der Waals surface area contributed by atoms with Crippen LogP contribution in [0.4, 0.5) is 13.2 Å². The Morgan fingerprint density at radius 3 is 2.36 bits per heavy atom. The van der Waals surface area contributed by atoms with Gasteiger partial charge in [0.25, 0.3) is 0 Å². The van der Waals surface area contributed by atoms with Crippen molar-refractivity contribution in [1.29, 1.82) is 0 Å². The third kappa shape index (κ3) is 2.92. The van der Waals surface area contributed by atoms with Crippen molar-refractivity contribution in [2.24, 2.45) is 5.73 Å². The van der Waals surface area contributed by atoms with Crippen LogP contribution >= 0.6 is 0 Å². The van der Waals surface area contributed by atoms with E-state index in [1.807, 2.05) is 0 Å². The number of nitrogens with two attached hydrogens (primary N) is 1. The van der Waals surface area contributed by atoms with Crippen LogP contribution in [0.15, 0.2) is 18.2 Å². The van der Waals surface area contributed by atoms with Crippen LogP contribution in [0.1, 0.15) is 11.1 Å². The lowest BCUT2D eigenvalue weighted by molar-refractivity contribution is -0.127. The van der Waals surface area contributed by atoms with Crippen LogP contribution in [0.3, 0.4) is 0 Å². The van der Waals surface area contributed by atoms with E-state index < -0.39 is 12.6 Å². The highest BCUT2D eigenvalue weighted by atomic mass is 19.4. The van der Waals surface area contributed by atoms with E-state index in [1.54, 1.807) is 0 Å². The van der Waals surface area contributed by atoms with E-state index in [9.17, 15) is 18.3 Å². The Bertz CT molecular complexity index is 322. The van der Waals surface area contributed by atoms with E-state index >= 15 is 0 Å². The van der Waals surface area contributed by atoms with Gasteiger partial charge in [-0.15, -0.1) is 0 Å². The highest BCUT2D eigenvalue weighted by molar-refractivity contribution is 5.36. The van der Waals surface area contributed by atoms with Crippen LogP contribution in [0, 0.1) is 0 Å². The second-order valence-corrected chi connectivity index (χ2v) is 2.96. The number of rotatable bonds is 2. The van der Waals surface area contributed by atoms with Crippen LogP contribution in [0.25, 0.3) is 0 Å². The van der Waals surface area contributed by atoms with Crippen molar-refractivity contribution < 1.29 is 18.3 Å². The summed E-state index contributed by atoms with van der Waals surface area (Å²) < 4.78 is 35.8. The maximum Gasteiger partial charge on any atom is 0.393 e. The van der Waals surface area contributed by atoms with Crippen molar-refractivity contribution >= 4 is 0 Å². The molecule has 14 heavy (non-hydrogen) atoms. The molecule has 0 aliphatic heterocycles. The van der Waals surface area contributed by atoms with Gasteiger partial charge in [-0.3, -0.25) is 0 Å². The van der Waals surface area contributed by atoms with E-state index in [4.69, 9.17) is 5.73 Å². The number of hydrogen-bond donors (Lipinski definition) is 2. The Morgan fingerprint density at radius 2 is 1.93 bits per heavy atom. The highest BCUT2D eigenvalue weighted by Crippen LogP contribution is 2.25. The fraction of sp³-hybridized carbons (Fsp3) is 0.333. The van der Waals surface area contributed by atoms with Crippen LogP contribution in [-0.4, -0.2) is 11.3 Å². The zero-order valence-electron chi connectivity index (χ0n) is 7.30. The molecule has 0 aliphatic carbocycles. The minimum atomic E-state index is -4.25. The van der Waals surface area contributed by atoms with Gasteiger partial charge in [-0.2, -0.15) is 13.2 Å². The summed E-state index contributed by atoms with van der Waals surface area (Å²) in [7, 11) is 0. The Labute approximate surface area is 79.2 Å². The highest BCUT2D eigenvalue weighted by Gasteiger charge is 2.27. The molecule has 0 saturated carbocycles. The van der Waals surface area contributed by atoms with Gasteiger partial charge >= 0.3 is 6.18 Å². The molecular formula is C9H10F3NO. The molecule has 0 amide bonds. The second-order valence-electron chi connectivity index (χ2n) is 2.96. The summed E-state index contributed by atoms with van der Waals surface area (Å²) in [6.07, 6.45) is -5.29. The molecule has 1 aromatic carbocycles. The molecule has 3 N–H and O–H groups in total. The van der Waals surface area contributed by atoms with Crippen molar-refractivity contribution in [3.05, 3.63) is 29.3 Å². The normalized spacial score (nSPS) is 11.7. The molecule has 0 aliphatic rings. The number of hydrogen-bond acceptors (Lipinski definition) is 2. The molecule has 1 aromatic rings. The van der Waals surface area contributed by atoms with Gasteiger partial charge in [-0.25, -0.2) is 0 Å². The van der Waals surface area contributed by atoms with Gasteiger partial charge in [0.2, 0.25) is 0 Å². The first-order chi connectivity index (χ1) is 6.42. The van der Waals surface area contributed by atoms with E-state index in [2.05, 4.69) is 0 Å². The fourth-order valence-electron chi connectivity index (χ4n) is 1.12. The number of halogens is 3. The monoisotopic (exact) mass is 205 g/mol. The molecule has 5 heteroatoms. The average Bonchev–Trinajstić information content (AvgIpc) is 2.01. The van der Waals surface area contributed by atoms with Crippen molar-refractivity contribution in [2.75, 3.05) is 0 Å². The van der Waals surface area contributed by atoms with E-state index in [0.717, 1.165) is 6.07 Å². The molecule has 0 unspecified atom stereocenters. The quantitative estimate of drug-likeness (QED) is 0.775. The van der Waals surface area contributed by atoms with Crippen molar-refractivity contribution in [1.82, 2.24) is 0 Å². The molecule has 0 heterocycles. The maximum absolute atomic E-state index is 11.9. The Hall–Kier alpha value is -1.23. The van der Waals surface area contributed by atoms with Gasteiger partial charge in [0.1, 0.15) is 5.75 Å². The molecule has 0 fully saturated rings. The lowest BCUT2D eigenvalue weighted by Gasteiger charge is -2.08. The third-order valence-electron chi connectivity index (χ3n) is 1.77. The molecule has 0 aromatic heterocycles. The van der Waals surface area contributed by atoms with Crippen LogP contribution in [0.5, 0.6) is 5.75 Å². The number of alkyl halides is 3. The van der Waals surface area contributed by atoms with Gasteiger partial charge in [-0.1, -0.05) is 12.1 Å². The first-order valence-electron chi connectivity index (χ1n) is 4.00.